The third-order valence-electron chi connectivity index (χ3n) is 7.76. The summed E-state index contributed by atoms with van der Waals surface area (Å²) in [6, 6.07) is 1.09. The van der Waals surface area contributed by atoms with E-state index in [1.54, 1.807) is 12.2 Å². The molecule has 41 heavy (non-hydrogen) atoms. The Labute approximate surface area is 235 Å². The highest BCUT2D eigenvalue weighted by Gasteiger charge is 2.51. The molecule has 1 aromatic carbocycles. The summed E-state index contributed by atoms with van der Waals surface area (Å²) in [5.74, 6) is -4.72. The fraction of sp³-hybridized carbons (Fsp3) is 0.281. The maximum atomic E-state index is 14.2. The molecule has 0 heterocycles. The Balaban J connectivity index is 1.83. The molecule has 1 aromatic rings. The molecule has 4 aliphatic rings. The molecule has 4 aliphatic carbocycles. The Morgan fingerprint density at radius 1 is 0.902 bits per heavy atom. The van der Waals surface area contributed by atoms with Gasteiger partial charge in [0.1, 0.15) is 29.1 Å². The number of Topliss-reactive ketones (excluding diaryl/α,β-unsaturated/α-hetero) is 3. The molecule has 0 saturated heterocycles. The number of carbonyl (C=O) groups excluding carboxylic acids is 3. The highest BCUT2D eigenvalue weighted by molar-refractivity contribution is 6.35. The van der Waals surface area contributed by atoms with E-state index in [-0.39, 0.29) is 63.8 Å². The molecule has 0 radical (unpaired) electrons. The lowest BCUT2D eigenvalue weighted by Crippen LogP contribution is -2.28. The average Bonchev–Trinajstić information content (AvgIpc) is 3.26. The molecule has 212 valence electrons. The SMILES string of the molecule is CC(C)=CCC1=C2C(=C3C(=O)C4=C(C(O)=CCC4=O)C(O)=C13)C(=O)c1c(O)c([C@H](O)CC=C(C)C)cc(O)c1C2O. The van der Waals surface area contributed by atoms with Crippen molar-refractivity contribution in [2.45, 2.75) is 59.2 Å². The fourth-order valence-corrected chi connectivity index (χ4v) is 5.83. The number of allylic oxidation sites excluding steroid dienone is 8. The Bertz CT molecular complexity index is 1690. The molecule has 0 aliphatic heterocycles. The van der Waals surface area contributed by atoms with Gasteiger partial charge in [-0.25, -0.2) is 0 Å². The van der Waals surface area contributed by atoms with Crippen LogP contribution in [-0.2, 0) is 9.59 Å². The number of carbonyl (C=O) groups is 3. The summed E-state index contributed by atoms with van der Waals surface area (Å²) in [5, 5.41) is 66.4. The summed E-state index contributed by atoms with van der Waals surface area (Å²) in [5.41, 5.74) is -0.556. The third-order valence-corrected chi connectivity index (χ3v) is 7.76. The van der Waals surface area contributed by atoms with E-state index in [2.05, 4.69) is 0 Å². The second kappa shape index (κ2) is 9.87. The highest BCUT2D eigenvalue weighted by Crippen LogP contribution is 2.57. The summed E-state index contributed by atoms with van der Waals surface area (Å²) in [4.78, 5) is 40.8. The minimum Gasteiger partial charge on any atom is -0.508 e. The number of phenols is 2. The van der Waals surface area contributed by atoms with Crippen molar-refractivity contribution < 1.29 is 45.0 Å². The van der Waals surface area contributed by atoms with E-state index < -0.39 is 63.7 Å². The molecule has 0 aromatic heterocycles. The van der Waals surface area contributed by atoms with Gasteiger partial charge in [-0.15, -0.1) is 0 Å². The number of aliphatic hydroxyl groups excluding tert-OH is 4. The summed E-state index contributed by atoms with van der Waals surface area (Å²) < 4.78 is 0. The van der Waals surface area contributed by atoms with E-state index in [0.29, 0.717) is 0 Å². The molecule has 1 unspecified atom stereocenters. The van der Waals surface area contributed by atoms with Gasteiger partial charge < -0.3 is 30.6 Å². The number of benzene rings is 1. The van der Waals surface area contributed by atoms with E-state index >= 15 is 0 Å². The minimum atomic E-state index is -1.71. The average molecular weight is 559 g/mol. The smallest absolute Gasteiger partial charge is 0.199 e. The van der Waals surface area contributed by atoms with Crippen LogP contribution in [0.3, 0.4) is 0 Å². The van der Waals surface area contributed by atoms with E-state index in [4.69, 9.17) is 0 Å². The Morgan fingerprint density at radius 2 is 1.56 bits per heavy atom. The molecule has 0 fully saturated rings. The van der Waals surface area contributed by atoms with Crippen LogP contribution in [-0.4, -0.2) is 48.0 Å². The number of aromatic hydroxyl groups is 2. The number of ketones is 3. The van der Waals surface area contributed by atoms with Crippen LogP contribution in [0.15, 0.2) is 86.0 Å². The van der Waals surface area contributed by atoms with Gasteiger partial charge >= 0.3 is 0 Å². The zero-order valence-electron chi connectivity index (χ0n) is 23.0. The molecule has 0 spiro atoms. The van der Waals surface area contributed by atoms with Crippen LogP contribution in [0.5, 0.6) is 11.5 Å². The minimum absolute atomic E-state index is 0.0480. The van der Waals surface area contributed by atoms with Crippen LogP contribution in [0.2, 0.25) is 0 Å². The van der Waals surface area contributed by atoms with E-state index in [1.807, 2.05) is 27.7 Å². The molecule has 9 nitrogen and oxygen atoms in total. The molecule has 0 bridgehead atoms. The molecule has 0 amide bonds. The van der Waals surface area contributed by atoms with Gasteiger partial charge in [0.2, 0.25) is 0 Å². The monoisotopic (exact) mass is 558 g/mol. The van der Waals surface area contributed by atoms with Crippen LogP contribution in [0, 0.1) is 0 Å². The zero-order valence-corrected chi connectivity index (χ0v) is 23.0. The van der Waals surface area contributed by atoms with Crippen molar-refractivity contribution in [3.63, 3.8) is 0 Å². The number of rotatable bonds is 5. The lowest BCUT2D eigenvalue weighted by molar-refractivity contribution is -0.119. The molecular formula is C32H30O9. The van der Waals surface area contributed by atoms with Gasteiger partial charge in [-0.3, -0.25) is 14.4 Å². The molecular weight excluding hydrogens is 528 g/mol. The van der Waals surface area contributed by atoms with Crippen molar-refractivity contribution in [2.75, 3.05) is 0 Å². The second-order valence-electron chi connectivity index (χ2n) is 11.0. The topological polar surface area (TPSA) is 173 Å². The first-order valence-electron chi connectivity index (χ1n) is 13.2. The number of phenolic OH excluding ortho intramolecular Hbond substituents is 2. The van der Waals surface area contributed by atoms with Gasteiger partial charge in [-0.1, -0.05) is 23.3 Å². The van der Waals surface area contributed by atoms with Gasteiger partial charge in [-0.2, -0.15) is 0 Å². The Hall–Kier alpha value is -4.47. The van der Waals surface area contributed by atoms with Crippen molar-refractivity contribution in [2.24, 2.45) is 0 Å². The van der Waals surface area contributed by atoms with Crippen molar-refractivity contribution in [1.82, 2.24) is 0 Å². The highest BCUT2D eigenvalue weighted by atomic mass is 16.3. The number of aliphatic hydroxyl groups is 4. The van der Waals surface area contributed by atoms with Crippen LogP contribution in [0.1, 0.15) is 80.7 Å². The molecule has 0 saturated carbocycles. The molecule has 2 atom stereocenters. The van der Waals surface area contributed by atoms with Gasteiger partial charge in [0.15, 0.2) is 17.3 Å². The second-order valence-corrected chi connectivity index (χ2v) is 11.0. The quantitative estimate of drug-likeness (QED) is 0.169. The van der Waals surface area contributed by atoms with Gasteiger partial charge in [0, 0.05) is 39.8 Å². The Kier molecular flexibility index (Phi) is 6.75. The third kappa shape index (κ3) is 4.11. The van der Waals surface area contributed by atoms with E-state index in [1.165, 1.54) is 6.08 Å². The maximum Gasteiger partial charge on any atom is 0.199 e. The van der Waals surface area contributed by atoms with Crippen LogP contribution < -0.4 is 0 Å². The van der Waals surface area contributed by atoms with E-state index in [0.717, 1.165) is 17.2 Å². The fourth-order valence-electron chi connectivity index (χ4n) is 5.83. The predicted octanol–water partition coefficient (Wildman–Crippen LogP) is 4.79. The number of fused-ring (bicyclic) bond motifs is 3. The maximum absolute atomic E-state index is 14.2. The predicted molar refractivity (Wildman–Crippen MR) is 148 cm³/mol. The normalized spacial score (nSPS) is 20.5. The van der Waals surface area contributed by atoms with Crippen molar-refractivity contribution in [1.29, 1.82) is 0 Å². The summed E-state index contributed by atoms with van der Waals surface area (Å²) in [6.07, 6.45) is 1.50. The first kappa shape index (κ1) is 28.1. The summed E-state index contributed by atoms with van der Waals surface area (Å²) in [6.45, 7) is 7.27. The van der Waals surface area contributed by atoms with E-state index in [9.17, 15) is 45.0 Å². The summed E-state index contributed by atoms with van der Waals surface area (Å²) in [7, 11) is 0. The summed E-state index contributed by atoms with van der Waals surface area (Å²) >= 11 is 0. The van der Waals surface area contributed by atoms with Gasteiger partial charge in [0.05, 0.1) is 22.8 Å². The van der Waals surface area contributed by atoms with Crippen molar-refractivity contribution in [3.05, 3.63) is 103 Å². The number of hydrogen-bond acceptors (Lipinski definition) is 9. The largest absolute Gasteiger partial charge is 0.508 e. The molecule has 9 heteroatoms. The van der Waals surface area contributed by atoms with Crippen LogP contribution in [0.25, 0.3) is 0 Å². The number of hydrogen-bond donors (Lipinski definition) is 6. The standard InChI is InChI=1S/C32H30O9/c1-12(2)5-7-14-20-25(31(40)23-18(35)10-9-17(34)22(23)29(20)38)26-21(14)30(39)24-19(36)11-15(16(33)8-6-13(3)4)28(37)27(24)32(26)41/h5-6,9,11,16,30,33-34,36-39H,7-8,10H2,1-4H3/t16-,30?/m1/s1. The van der Waals surface area contributed by atoms with Crippen LogP contribution in [0.4, 0.5) is 0 Å². The van der Waals surface area contributed by atoms with Crippen molar-refractivity contribution >= 4 is 17.3 Å². The molecule has 6 N–H and O–H groups in total. The van der Waals surface area contributed by atoms with Crippen LogP contribution >= 0.6 is 0 Å². The lowest BCUT2D eigenvalue weighted by atomic mass is 9.76. The first-order chi connectivity index (χ1) is 19.3. The first-order valence-corrected chi connectivity index (χ1v) is 13.2. The zero-order chi connectivity index (χ0) is 30.1. The van der Waals surface area contributed by atoms with Gasteiger partial charge in [0.25, 0.3) is 0 Å². The molecule has 5 rings (SSSR count). The Morgan fingerprint density at radius 3 is 2.20 bits per heavy atom. The van der Waals surface area contributed by atoms with Crippen molar-refractivity contribution in [3.8, 4) is 11.5 Å². The lowest BCUT2D eigenvalue weighted by Gasteiger charge is -2.28. The van der Waals surface area contributed by atoms with Gasteiger partial charge in [-0.05, 0) is 58.3 Å².